The van der Waals surface area contributed by atoms with Gasteiger partial charge in [0.15, 0.2) is 0 Å². The lowest BCUT2D eigenvalue weighted by Gasteiger charge is -1.90. The van der Waals surface area contributed by atoms with E-state index in [0.29, 0.717) is 0 Å². The maximum atomic E-state index is 4.12. The molecule has 4 heteroatoms. The second-order valence-electron chi connectivity index (χ2n) is 7.55. The summed E-state index contributed by atoms with van der Waals surface area (Å²) in [6.45, 7) is 21.0. The Morgan fingerprint density at radius 1 is 0.406 bits per heavy atom. The minimum absolute atomic E-state index is 0.833. The molecule has 0 atom stereocenters. The third-order valence-electron chi connectivity index (χ3n) is 2.75. The molecule has 176 valence electrons. The van der Waals surface area contributed by atoms with E-state index in [1.54, 1.807) is 24.8 Å². The number of nitrogens with zero attached hydrogens (tertiary/aromatic N) is 4. The number of aromatic nitrogens is 4. The van der Waals surface area contributed by atoms with Gasteiger partial charge in [-0.05, 0) is 36.1 Å². The molecular formula is C28H44N4. The quantitative estimate of drug-likeness (QED) is 0.277. The van der Waals surface area contributed by atoms with Crippen LogP contribution in [0.4, 0.5) is 0 Å². The van der Waals surface area contributed by atoms with Crippen molar-refractivity contribution < 1.29 is 0 Å². The van der Waals surface area contributed by atoms with E-state index in [1.807, 2.05) is 76.2 Å². The van der Waals surface area contributed by atoms with Crippen LogP contribution in [0.2, 0.25) is 0 Å². The molecule has 0 saturated carbocycles. The van der Waals surface area contributed by atoms with Gasteiger partial charge in [0.05, 0.1) is 22.1 Å². The van der Waals surface area contributed by atoms with Gasteiger partial charge < -0.3 is 0 Å². The van der Waals surface area contributed by atoms with Crippen molar-refractivity contribution in [2.75, 3.05) is 0 Å². The standard InChI is InChI=1S/2C8H6N2.2C4H10.2C2H6/c2*1-2-4-8-7(3-1)9-5-6-10-8;2*1-4(2)3;2*1-2/h2*1-6H;2*4H,1-3H3;2*1-2H3. The summed E-state index contributed by atoms with van der Waals surface area (Å²) in [4.78, 5) is 16.5. The number of hydrogen-bond acceptors (Lipinski definition) is 4. The Bertz CT molecular complexity index is 707. The topological polar surface area (TPSA) is 51.6 Å². The van der Waals surface area contributed by atoms with Gasteiger partial charge in [0, 0.05) is 24.8 Å². The van der Waals surface area contributed by atoms with Crippen LogP contribution >= 0.6 is 0 Å². The van der Waals surface area contributed by atoms with Crippen molar-refractivity contribution in [1.82, 2.24) is 19.9 Å². The third kappa shape index (κ3) is 16.9. The SMILES string of the molecule is CC.CC.CC(C)C.CC(C)C.c1ccc2nccnc2c1.c1ccc2nccnc2c1. The van der Waals surface area contributed by atoms with Gasteiger partial charge in [-0.1, -0.05) is 93.5 Å². The van der Waals surface area contributed by atoms with Crippen molar-refractivity contribution >= 4 is 22.1 Å². The second kappa shape index (κ2) is 21.4. The fraction of sp³-hybridized carbons (Fsp3) is 0.429. The molecule has 0 bridgehead atoms. The van der Waals surface area contributed by atoms with Gasteiger partial charge in [-0.2, -0.15) is 0 Å². The van der Waals surface area contributed by atoms with E-state index in [9.17, 15) is 0 Å². The molecule has 0 N–H and O–H groups in total. The molecule has 4 aromatic rings. The van der Waals surface area contributed by atoms with Crippen molar-refractivity contribution in [2.45, 2.75) is 69.2 Å². The highest BCUT2D eigenvalue weighted by molar-refractivity contribution is 5.73. The summed E-state index contributed by atoms with van der Waals surface area (Å²) in [6, 6.07) is 15.6. The Morgan fingerprint density at radius 3 is 0.719 bits per heavy atom. The first-order valence-electron chi connectivity index (χ1n) is 11.7. The first-order valence-corrected chi connectivity index (χ1v) is 11.7. The molecule has 2 aromatic heterocycles. The Hall–Kier alpha value is -2.88. The predicted octanol–water partition coefficient (Wildman–Crippen LogP) is 8.64. The third-order valence-corrected chi connectivity index (χ3v) is 2.75. The number of rotatable bonds is 0. The lowest BCUT2D eigenvalue weighted by Crippen LogP contribution is -1.78. The van der Waals surface area contributed by atoms with Gasteiger partial charge in [0.25, 0.3) is 0 Å². The Kier molecular flexibility index (Phi) is 20.9. The highest BCUT2D eigenvalue weighted by atomic mass is 14.8. The van der Waals surface area contributed by atoms with Gasteiger partial charge >= 0.3 is 0 Å². The largest absolute Gasteiger partial charge is 0.253 e. The molecule has 0 unspecified atom stereocenters. The molecule has 2 aromatic carbocycles. The lowest BCUT2D eigenvalue weighted by atomic mass is 10.3. The Labute approximate surface area is 196 Å². The summed E-state index contributed by atoms with van der Waals surface area (Å²) in [5, 5.41) is 0. The summed E-state index contributed by atoms with van der Waals surface area (Å²) >= 11 is 0. The summed E-state index contributed by atoms with van der Waals surface area (Å²) in [5.41, 5.74) is 3.80. The number of fused-ring (bicyclic) bond motifs is 2. The van der Waals surface area contributed by atoms with E-state index in [1.165, 1.54) is 0 Å². The predicted molar refractivity (Wildman–Crippen MR) is 143 cm³/mol. The van der Waals surface area contributed by atoms with Gasteiger partial charge in [0.1, 0.15) is 0 Å². The van der Waals surface area contributed by atoms with Crippen LogP contribution in [0, 0.1) is 11.8 Å². The maximum absolute atomic E-state index is 4.12. The molecule has 4 nitrogen and oxygen atoms in total. The molecule has 0 radical (unpaired) electrons. The molecule has 0 aliphatic heterocycles. The fourth-order valence-electron chi connectivity index (χ4n) is 1.82. The average molecular weight is 437 g/mol. The van der Waals surface area contributed by atoms with E-state index in [-0.39, 0.29) is 0 Å². The molecule has 0 fully saturated rings. The van der Waals surface area contributed by atoms with Crippen LogP contribution in [0.5, 0.6) is 0 Å². The van der Waals surface area contributed by atoms with E-state index < -0.39 is 0 Å². The zero-order chi connectivity index (χ0) is 24.8. The monoisotopic (exact) mass is 436 g/mol. The van der Waals surface area contributed by atoms with Crippen LogP contribution in [-0.2, 0) is 0 Å². The smallest absolute Gasteiger partial charge is 0.0886 e. The average Bonchev–Trinajstić information content (AvgIpc) is 2.82. The Balaban J connectivity index is 0. The van der Waals surface area contributed by atoms with Gasteiger partial charge in [-0.15, -0.1) is 0 Å². The molecular weight excluding hydrogens is 392 g/mol. The van der Waals surface area contributed by atoms with Gasteiger partial charge in [-0.25, -0.2) is 0 Å². The highest BCUT2D eigenvalue weighted by Crippen LogP contribution is 2.05. The van der Waals surface area contributed by atoms with Gasteiger partial charge in [-0.3, -0.25) is 19.9 Å². The van der Waals surface area contributed by atoms with Gasteiger partial charge in [0.2, 0.25) is 0 Å². The zero-order valence-electron chi connectivity index (χ0n) is 21.9. The van der Waals surface area contributed by atoms with E-state index in [2.05, 4.69) is 61.5 Å². The van der Waals surface area contributed by atoms with Crippen LogP contribution in [0.3, 0.4) is 0 Å². The van der Waals surface area contributed by atoms with Crippen LogP contribution in [0.1, 0.15) is 69.2 Å². The minimum Gasteiger partial charge on any atom is -0.253 e. The van der Waals surface area contributed by atoms with Crippen molar-refractivity contribution in [3.8, 4) is 0 Å². The summed E-state index contributed by atoms with van der Waals surface area (Å²) in [6.07, 6.45) is 6.79. The molecule has 32 heavy (non-hydrogen) atoms. The Morgan fingerprint density at radius 2 is 0.562 bits per heavy atom. The summed E-state index contributed by atoms with van der Waals surface area (Å²) in [7, 11) is 0. The summed E-state index contributed by atoms with van der Waals surface area (Å²) in [5.74, 6) is 1.67. The molecule has 0 amide bonds. The highest BCUT2D eigenvalue weighted by Gasteiger charge is 1.89. The number of hydrogen-bond donors (Lipinski definition) is 0. The molecule has 4 rings (SSSR count). The van der Waals surface area contributed by atoms with Crippen molar-refractivity contribution in [1.29, 1.82) is 0 Å². The van der Waals surface area contributed by atoms with E-state index >= 15 is 0 Å². The zero-order valence-corrected chi connectivity index (χ0v) is 21.9. The van der Waals surface area contributed by atoms with Crippen LogP contribution in [0.25, 0.3) is 22.1 Å². The van der Waals surface area contributed by atoms with E-state index in [4.69, 9.17) is 0 Å². The lowest BCUT2D eigenvalue weighted by molar-refractivity contribution is 0.736. The van der Waals surface area contributed by atoms with Crippen LogP contribution < -0.4 is 0 Å². The van der Waals surface area contributed by atoms with Crippen molar-refractivity contribution in [3.63, 3.8) is 0 Å². The van der Waals surface area contributed by atoms with Crippen molar-refractivity contribution in [3.05, 3.63) is 73.3 Å². The molecule has 0 aliphatic rings. The van der Waals surface area contributed by atoms with Crippen LogP contribution in [-0.4, -0.2) is 19.9 Å². The summed E-state index contributed by atoms with van der Waals surface area (Å²) < 4.78 is 0. The molecule has 0 spiro atoms. The normalized spacial score (nSPS) is 8.88. The second-order valence-corrected chi connectivity index (χ2v) is 7.55. The minimum atomic E-state index is 0.833. The first-order chi connectivity index (χ1) is 15.4. The van der Waals surface area contributed by atoms with Crippen molar-refractivity contribution in [2.24, 2.45) is 11.8 Å². The maximum Gasteiger partial charge on any atom is 0.0886 e. The molecule has 0 aliphatic carbocycles. The number of para-hydroxylation sites is 4. The first kappa shape index (κ1) is 31.3. The van der Waals surface area contributed by atoms with Crippen LogP contribution in [0.15, 0.2) is 73.3 Å². The molecule has 2 heterocycles. The molecule has 0 saturated heterocycles. The van der Waals surface area contributed by atoms with E-state index in [0.717, 1.165) is 33.9 Å². The fourth-order valence-corrected chi connectivity index (χ4v) is 1.82. The number of benzene rings is 2.